The second kappa shape index (κ2) is 10.9. The Morgan fingerprint density at radius 1 is 1.05 bits per heavy atom. The van der Waals surface area contributed by atoms with Crippen LogP contribution in [0.5, 0.6) is 11.5 Å². The average Bonchev–Trinajstić information content (AvgIpc) is 2.87. The van der Waals surface area contributed by atoms with E-state index < -0.39 is 23.8 Å². The number of fused-ring (bicyclic) bond motifs is 1. The molecule has 0 spiro atoms. The number of nitrogens with two attached hydrogens (primary N) is 1. The van der Waals surface area contributed by atoms with Crippen molar-refractivity contribution in [1.29, 1.82) is 0 Å². The molecule has 0 aliphatic heterocycles. The van der Waals surface area contributed by atoms with Crippen LogP contribution < -0.4 is 21.1 Å². The smallest absolute Gasteiger partial charge is 0.416 e. The zero-order valence-electron chi connectivity index (χ0n) is 19.9. The van der Waals surface area contributed by atoms with E-state index in [1.54, 1.807) is 6.07 Å². The maximum Gasteiger partial charge on any atom is 0.416 e. The number of amides is 2. The lowest BCUT2D eigenvalue weighted by Gasteiger charge is -2.25. The van der Waals surface area contributed by atoms with Gasteiger partial charge in [0.15, 0.2) is 0 Å². The van der Waals surface area contributed by atoms with Crippen LogP contribution in [0.15, 0.2) is 54.7 Å². The molecule has 1 atom stereocenters. The van der Waals surface area contributed by atoms with Gasteiger partial charge in [-0.25, -0.2) is 9.78 Å². The molecule has 0 unspecified atom stereocenters. The minimum atomic E-state index is -4.55. The van der Waals surface area contributed by atoms with Gasteiger partial charge in [-0.2, -0.15) is 13.2 Å². The number of ether oxygens (including phenoxy) is 2. The molecule has 3 aromatic rings. The van der Waals surface area contributed by atoms with Gasteiger partial charge < -0.3 is 20.5 Å². The summed E-state index contributed by atoms with van der Waals surface area (Å²) in [7, 11) is 1.24. The van der Waals surface area contributed by atoms with Crippen LogP contribution in [0.3, 0.4) is 0 Å². The van der Waals surface area contributed by atoms with E-state index in [9.17, 15) is 22.8 Å². The summed E-state index contributed by atoms with van der Waals surface area (Å²) in [6, 6.07) is 12.1. The third-order valence-electron chi connectivity index (χ3n) is 5.98. The summed E-state index contributed by atoms with van der Waals surface area (Å²) in [6.45, 7) is -0.0793. The largest absolute Gasteiger partial charge is 0.457 e. The minimum absolute atomic E-state index is 0.0669. The van der Waals surface area contributed by atoms with E-state index in [2.05, 4.69) is 20.4 Å². The van der Waals surface area contributed by atoms with Crippen molar-refractivity contribution in [2.75, 3.05) is 17.7 Å². The van der Waals surface area contributed by atoms with E-state index in [1.165, 1.54) is 25.4 Å². The second-order valence-corrected chi connectivity index (χ2v) is 8.58. The number of nitrogens with one attached hydrogen (secondary N) is 2. The number of nitrogens with zero attached hydrogens (tertiary/aromatic N) is 1. The molecule has 0 radical (unpaired) electrons. The van der Waals surface area contributed by atoms with Crippen molar-refractivity contribution in [3.05, 3.63) is 77.0 Å². The molecule has 11 heteroatoms. The highest BCUT2D eigenvalue weighted by atomic mass is 19.4. The van der Waals surface area contributed by atoms with E-state index in [-0.39, 0.29) is 29.5 Å². The standard InChI is InChI=1S/C26H25F3N4O4/c1-36-25(35)33-23-13-22(6-7-31-23)37-21-5-4-16-2-3-17(10-18(16)11-21)24(34)32-20-9-15(14-30)8-19(12-20)26(27,28)29/h4-9,11-13,17H,2-3,10,14,30H2,1H3,(H,32,34)(H,31,33,35)/t17-/m1/s1. The molecule has 0 bridgehead atoms. The highest BCUT2D eigenvalue weighted by Gasteiger charge is 2.32. The van der Waals surface area contributed by atoms with E-state index in [4.69, 9.17) is 10.5 Å². The molecule has 37 heavy (non-hydrogen) atoms. The van der Waals surface area contributed by atoms with Crippen molar-refractivity contribution < 1.29 is 32.2 Å². The summed E-state index contributed by atoms with van der Waals surface area (Å²) < 4.78 is 50.2. The SMILES string of the molecule is COC(=O)Nc1cc(Oc2ccc3c(c2)C[C@H](C(=O)Nc2cc(CN)cc(C(F)(F)F)c2)CC3)ccn1. The van der Waals surface area contributed by atoms with Crippen LogP contribution in [0.2, 0.25) is 0 Å². The number of carbonyl (C=O) groups excluding carboxylic acids is 2. The number of alkyl halides is 3. The van der Waals surface area contributed by atoms with Gasteiger partial charge in [0.05, 0.1) is 12.7 Å². The average molecular weight is 515 g/mol. The van der Waals surface area contributed by atoms with Gasteiger partial charge in [-0.3, -0.25) is 10.1 Å². The first-order chi connectivity index (χ1) is 17.6. The maximum absolute atomic E-state index is 13.2. The van der Waals surface area contributed by atoms with Gasteiger partial charge in [-0.1, -0.05) is 6.07 Å². The van der Waals surface area contributed by atoms with E-state index in [0.717, 1.165) is 23.3 Å². The van der Waals surface area contributed by atoms with Crippen molar-refractivity contribution in [2.24, 2.45) is 11.7 Å². The number of pyridine rings is 1. The summed E-state index contributed by atoms with van der Waals surface area (Å²) >= 11 is 0. The maximum atomic E-state index is 13.2. The predicted octanol–water partition coefficient (Wildman–Crippen LogP) is 5.27. The fourth-order valence-corrected chi connectivity index (χ4v) is 4.15. The molecule has 1 aromatic heterocycles. The zero-order valence-corrected chi connectivity index (χ0v) is 19.9. The fourth-order valence-electron chi connectivity index (χ4n) is 4.15. The Morgan fingerprint density at radius 3 is 2.57 bits per heavy atom. The summed E-state index contributed by atoms with van der Waals surface area (Å²) in [4.78, 5) is 28.4. The summed E-state index contributed by atoms with van der Waals surface area (Å²) in [5, 5.41) is 5.09. The number of aromatic nitrogens is 1. The van der Waals surface area contributed by atoms with Gasteiger partial charge in [0.2, 0.25) is 5.91 Å². The van der Waals surface area contributed by atoms with Gasteiger partial charge >= 0.3 is 12.3 Å². The number of aryl methyl sites for hydroxylation is 1. The van der Waals surface area contributed by atoms with E-state index >= 15 is 0 Å². The fraction of sp³-hybridized carbons (Fsp3) is 0.269. The van der Waals surface area contributed by atoms with E-state index in [0.29, 0.717) is 30.8 Å². The summed E-state index contributed by atoms with van der Waals surface area (Å²) in [5.74, 6) is 0.445. The quantitative estimate of drug-likeness (QED) is 0.413. The van der Waals surface area contributed by atoms with E-state index in [1.807, 2.05) is 18.2 Å². The van der Waals surface area contributed by atoms with Gasteiger partial charge in [0, 0.05) is 30.4 Å². The van der Waals surface area contributed by atoms with Crippen molar-refractivity contribution in [2.45, 2.75) is 32.0 Å². The molecule has 2 aromatic carbocycles. The molecule has 8 nitrogen and oxygen atoms in total. The number of benzene rings is 2. The van der Waals surface area contributed by atoms with Gasteiger partial charge in [-0.15, -0.1) is 0 Å². The lowest BCUT2D eigenvalue weighted by atomic mass is 9.83. The summed E-state index contributed by atoms with van der Waals surface area (Å²) in [5.41, 5.74) is 7.02. The molecule has 1 aliphatic rings. The normalized spacial score (nSPS) is 14.9. The Balaban J connectivity index is 1.46. The minimum Gasteiger partial charge on any atom is -0.457 e. The predicted molar refractivity (Wildman–Crippen MR) is 130 cm³/mol. The van der Waals surface area contributed by atoms with Crippen LogP contribution in [0.1, 0.15) is 28.7 Å². The van der Waals surface area contributed by atoms with Crippen LogP contribution in [-0.2, 0) is 35.1 Å². The van der Waals surface area contributed by atoms with Crippen LogP contribution in [0.25, 0.3) is 0 Å². The van der Waals surface area contributed by atoms with Crippen LogP contribution in [-0.4, -0.2) is 24.1 Å². The Labute approximate surface area is 211 Å². The topological polar surface area (TPSA) is 116 Å². The van der Waals surface area contributed by atoms with Crippen LogP contribution in [0, 0.1) is 5.92 Å². The van der Waals surface area contributed by atoms with Crippen molar-refractivity contribution in [1.82, 2.24) is 4.98 Å². The number of rotatable bonds is 6. The number of carbonyl (C=O) groups is 2. The first kappa shape index (κ1) is 26.0. The number of methoxy groups -OCH3 is 1. The van der Waals surface area contributed by atoms with Crippen molar-refractivity contribution >= 4 is 23.5 Å². The first-order valence-corrected chi connectivity index (χ1v) is 11.5. The Bertz CT molecular complexity index is 1310. The monoisotopic (exact) mass is 514 g/mol. The van der Waals surface area contributed by atoms with Gasteiger partial charge in [0.25, 0.3) is 0 Å². The molecule has 0 saturated heterocycles. The molecule has 0 saturated carbocycles. The number of anilines is 2. The Hall–Kier alpha value is -4.12. The lowest BCUT2D eigenvalue weighted by molar-refractivity contribution is -0.137. The first-order valence-electron chi connectivity index (χ1n) is 11.5. The molecule has 1 heterocycles. The molecular weight excluding hydrogens is 489 g/mol. The molecule has 0 fully saturated rings. The molecule has 4 N–H and O–H groups in total. The molecule has 2 amide bonds. The highest BCUT2D eigenvalue weighted by molar-refractivity contribution is 5.93. The molecular formula is C26H25F3N4O4. The zero-order chi connectivity index (χ0) is 26.6. The number of halogens is 3. The van der Waals surface area contributed by atoms with Gasteiger partial charge in [0.1, 0.15) is 17.3 Å². The highest BCUT2D eigenvalue weighted by Crippen LogP contribution is 2.34. The summed E-state index contributed by atoms with van der Waals surface area (Å²) in [6.07, 6.45) is -2.11. The third kappa shape index (κ3) is 6.56. The lowest BCUT2D eigenvalue weighted by Crippen LogP contribution is -2.28. The molecule has 4 rings (SSSR count). The van der Waals surface area contributed by atoms with Crippen molar-refractivity contribution in [3.8, 4) is 11.5 Å². The third-order valence-corrected chi connectivity index (χ3v) is 5.98. The Morgan fingerprint density at radius 2 is 1.84 bits per heavy atom. The van der Waals surface area contributed by atoms with Gasteiger partial charge in [-0.05, 0) is 72.4 Å². The van der Waals surface area contributed by atoms with Crippen LogP contribution >= 0.6 is 0 Å². The number of hydrogen-bond donors (Lipinski definition) is 3. The second-order valence-electron chi connectivity index (χ2n) is 8.58. The van der Waals surface area contributed by atoms with Crippen molar-refractivity contribution in [3.63, 3.8) is 0 Å². The van der Waals surface area contributed by atoms with Crippen LogP contribution in [0.4, 0.5) is 29.5 Å². The molecule has 1 aliphatic carbocycles. The number of hydrogen-bond acceptors (Lipinski definition) is 6. The molecule has 194 valence electrons. The Kier molecular flexibility index (Phi) is 7.63.